The highest BCUT2D eigenvalue weighted by Crippen LogP contribution is 2.28. The number of hydrogen-bond donors (Lipinski definition) is 1. The SMILES string of the molecule is O=C(NCC(c1ccco1)c1cccs1)c1cncc(Br)c1. The van der Waals surface area contributed by atoms with Crippen molar-refractivity contribution in [2.45, 2.75) is 5.92 Å². The molecule has 0 aliphatic heterocycles. The van der Waals surface area contributed by atoms with Crippen LogP contribution in [0.2, 0.25) is 0 Å². The van der Waals surface area contributed by atoms with Gasteiger partial charge in [0.15, 0.2) is 0 Å². The van der Waals surface area contributed by atoms with E-state index in [1.807, 2.05) is 29.6 Å². The standard InChI is InChI=1S/C16H13BrN2O2S/c17-12-7-11(8-18-9-12)16(20)19-10-13(14-3-1-5-21-14)15-4-2-6-22-15/h1-9,13H,10H2,(H,19,20). The zero-order chi connectivity index (χ0) is 15.4. The Labute approximate surface area is 140 Å². The monoisotopic (exact) mass is 376 g/mol. The maximum absolute atomic E-state index is 12.2. The van der Waals surface area contributed by atoms with Gasteiger partial charge in [0.05, 0.1) is 17.7 Å². The van der Waals surface area contributed by atoms with E-state index in [2.05, 4.69) is 26.2 Å². The number of aromatic nitrogens is 1. The van der Waals surface area contributed by atoms with Crippen LogP contribution in [0.1, 0.15) is 26.9 Å². The largest absolute Gasteiger partial charge is 0.469 e. The predicted octanol–water partition coefficient (Wildman–Crippen LogP) is 4.06. The molecule has 1 unspecified atom stereocenters. The molecule has 0 radical (unpaired) electrons. The maximum Gasteiger partial charge on any atom is 0.252 e. The fourth-order valence-corrected chi connectivity index (χ4v) is 3.35. The van der Waals surface area contributed by atoms with Gasteiger partial charge in [-0.3, -0.25) is 9.78 Å². The summed E-state index contributed by atoms with van der Waals surface area (Å²) in [5, 5.41) is 4.97. The van der Waals surface area contributed by atoms with Gasteiger partial charge in [-0.05, 0) is 45.6 Å². The van der Waals surface area contributed by atoms with Crippen molar-refractivity contribution in [2.24, 2.45) is 0 Å². The third-order valence-corrected chi connectivity index (χ3v) is 4.63. The van der Waals surface area contributed by atoms with Crippen molar-refractivity contribution in [1.29, 1.82) is 0 Å². The third kappa shape index (κ3) is 3.45. The number of pyridine rings is 1. The number of nitrogens with zero attached hydrogens (tertiary/aromatic N) is 1. The molecule has 1 N–H and O–H groups in total. The van der Waals surface area contributed by atoms with Gasteiger partial charge in [-0.1, -0.05) is 6.07 Å². The summed E-state index contributed by atoms with van der Waals surface area (Å²) in [4.78, 5) is 17.4. The number of amides is 1. The van der Waals surface area contributed by atoms with E-state index in [1.165, 1.54) is 0 Å². The third-order valence-electron chi connectivity index (χ3n) is 3.21. The summed E-state index contributed by atoms with van der Waals surface area (Å²) < 4.78 is 6.29. The van der Waals surface area contributed by atoms with Gasteiger partial charge in [0, 0.05) is 28.3 Å². The maximum atomic E-state index is 12.2. The summed E-state index contributed by atoms with van der Waals surface area (Å²) in [6.45, 7) is 0.472. The van der Waals surface area contributed by atoms with E-state index in [1.54, 1.807) is 36.1 Å². The van der Waals surface area contributed by atoms with Crippen molar-refractivity contribution in [1.82, 2.24) is 10.3 Å². The van der Waals surface area contributed by atoms with Gasteiger partial charge in [0.2, 0.25) is 0 Å². The van der Waals surface area contributed by atoms with Crippen LogP contribution in [0.4, 0.5) is 0 Å². The van der Waals surface area contributed by atoms with Crippen molar-refractivity contribution in [2.75, 3.05) is 6.54 Å². The van der Waals surface area contributed by atoms with Crippen LogP contribution in [-0.4, -0.2) is 17.4 Å². The quantitative estimate of drug-likeness (QED) is 0.730. The molecule has 0 aliphatic rings. The highest BCUT2D eigenvalue weighted by molar-refractivity contribution is 9.10. The number of carbonyl (C=O) groups excluding carboxylic acids is 1. The van der Waals surface area contributed by atoms with Gasteiger partial charge in [-0.2, -0.15) is 0 Å². The molecule has 0 aromatic carbocycles. The molecule has 3 heterocycles. The van der Waals surface area contributed by atoms with E-state index in [4.69, 9.17) is 4.42 Å². The van der Waals surface area contributed by atoms with E-state index < -0.39 is 0 Å². The molecule has 4 nitrogen and oxygen atoms in total. The molecular formula is C16H13BrN2O2S. The van der Waals surface area contributed by atoms with Gasteiger partial charge >= 0.3 is 0 Å². The highest BCUT2D eigenvalue weighted by atomic mass is 79.9. The smallest absolute Gasteiger partial charge is 0.252 e. The molecule has 3 aromatic rings. The molecule has 0 aliphatic carbocycles. The molecule has 1 atom stereocenters. The summed E-state index contributed by atoms with van der Waals surface area (Å²) in [6, 6.07) is 9.57. The fourth-order valence-electron chi connectivity index (χ4n) is 2.15. The predicted molar refractivity (Wildman–Crippen MR) is 89.1 cm³/mol. The summed E-state index contributed by atoms with van der Waals surface area (Å²) in [6.07, 6.45) is 4.84. The summed E-state index contributed by atoms with van der Waals surface area (Å²) in [5.74, 6) is 0.705. The Hall–Kier alpha value is -1.92. The molecule has 112 valence electrons. The van der Waals surface area contributed by atoms with Crippen LogP contribution in [0.15, 0.2) is 63.3 Å². The lowest BCUT2D eigenvalue weighted by molar-refractivity contribution is 0.0951. The molecule has 3 aromatic heterocycles. The average Bonchev–Trinajstić information content (AvgIpc) is 3.21. The Kier molecular flexibility index (Phi) is 4.70. The molecule has 1 amide bonds. The lowest BCUT2D eigenvalue weighted by atomic mass is 10.0. The summed E-state index contributed by atoms with van der Waals surface area (Å²) in [7, 11) is 0. The second kappa shape index (κ2) is 6.89. The van der Waals surface area contributed by atoms with Crippen LogP contribution in [0, 0.1) is 0 Å². The number of nitrogens with one attached hydrogen (secondary N) is 1. The minimum Gasteiger partial charge on any atom is -0.469 e. The number of furan rings is 1. The fraction of sp³-hybridized carbons (Fsp3) is 0.125. The molecule has 0 spiro atoms. The van der Waals surface area contributed by atoms with Crippen molar-refractivity contribution < 1.29 is 9.21 Å². The van der Waals surface area contributed by atoms with Gasteiger partial charge in [0.1, 0.15) is 5.76 Å². The zero-order valence-corrected chi connectivity index (χ0v) is 13.9. The van der Waals surface area contributed by atoms with Crippen LogP contribution >= 0.6 is 27.3 Å². The van der Waals surface area contributed by atoms with E-state index in [0.29, 0.717) is 12.1 Å². The van der Waals surface area contributed by atoms with E-state index in [-0.39, 0.29) is 11.8 Å². The summed E-state index contributed by atoms with van der Waals surface area (Å²) >= 11 is 4.97. The van der Waals surface area contributed by atoms with Gasteiger partial charge in [0.25, 0.3) is 5.91 Å². The first-order valence-corrected chi connectivity index (χ1v) is 8.37. The number of thiophene rings is 1. The van der Waals surface area contributed by atoms with Gasteiger partial charge < -0.3 is 9.73 Å². The average molecular weight is 377 g/mol. The molecule has 0 fully saturated rings. The Morgan fingerprint density at radius 1 is 1.36 bits per heavy atom. The van der Waals surface area contributed by atoms with Gasteiger partial charge in [-0.25, -0.2) is 0 Å². The molecular weight excluding hydrogens is 364 g/mol. The Morgan fingerprint density at radius 2 is 2.27 bits per heavy atom. The molecule has 0 saturated carbocycles. The first kappa shape index (κ1) is 15.0. The van der Waals surface area contributed by atoms with Crippen LogP contribution in [0.5, 0.6) is 0 Å². The first-order valence-electron chi connectivity index (χ1n) is 6.69. The molecule has 3 rings (SSSR count). The molecule has 22 heavy (non-hydrogen) atoms. The van der Waals surface area contributed by atoms with Crippen LogP contribution in [0.3, 0.4) is 0 Å². The number of carbonyl (C=O) groups is 1. The molecule has 0 saturated heterocycles. The highest BCUT2D eigenvalue weighted by Gasteiger charge is 2.19. The number of halogens is 1. The second-order valence-electron chi connectivity index (χ2n) is 4.69. The van der Waals surface area contributed by atoms with Gasteiger partial charge in [-0.15, -0.1) is 11.3 Å². The minimum absolute atomic E-state index is 0.0130. The van der Waals surface area contributed by atoms with E-state index in [0.717, 1.165) is 15.1 Å². The first-order chi connectivity index (χ1) is 10.7. The van der Waals surface area contributed by atoms with Crippen molar-refractivity contribution in [3.8, 4) is 0 Å². The van der Waals surface area contributed by atoms with Crippen molar-refractivity contribution in [3.63, 3.8) is 0 Å². The number of hydrogen-bond acceptors (Lipinski definition) is 4. The van der Waals surface area contributed by atoms with Crippen LogP contribution in [0.25, 0.3) is 0 Å². The Morgan fingerprint density at radius 3 is 2.95 bits per heavy atom. The number of rotatable bonds is 5. The van der Waals surface area contributed by atoms with Crippen LogP contribution < -0.4 is 5.32 Å². The van der Waals surface area contributed by atoms with E-state index >= 15 is 0 Å². The molecule has 6 heteroatoms. The Balaban J connectivity index is 1.73. The minimum atomic E-state index is -0.151. The van der Waals surface area contributed by atoms with Crippen molar-refractivity contribution in [3.05, 3.63) is 75.0 Å². The zero-order valence-electron chi connectivity index (χ0n) is 11.5. The van der Waals surface area contributed by atoms with Crippen molar-refractivity contribution >= 4 is 33.2 Å². The Bertz CT molecular complexity index is 707. The van der Waals surface area contributed by atoms with E-state index in [9.17, 15) is 4.79 Å². The second-order valence-corrected chi connectivity index (χ2v) is 6.58. The lowest BCUT2D eigenvalue weighted by Gasteiger charge is -2.14. The normalized spacial score (nSPS) is 12.0. The lowest BCUT2D eigenvalue weighted by Crippen LogP contribution is -2.28. The molecule has 0 bridgehead atoms. The topological polar surface area (TPSA) is 55.1 Å². The summed E-state index contributed by atoms with van der Waals surface area (Å²) in [5.41, 5.74) is 0.527. The van der Waals surface area contributed by atoms with Crippen LogP contribution in [-0.2, 0) is 0 Å².